The lowest BCUT2D eigenvalue weighted by atomic mass is 10.2. The molecule has 0 bridgehead atoms. The van der Waals surface area contributed by atoms with Crippen LogP contribution in [0.4, 0.5) is 14.9 Å². The number of amides is 3. The van der Waals surface area contributed by atoms with Gasteiger partial charge in [-0.3, -0.25) is 4.79 Å². The van der Waals surface area contributed by atoms with E-state index in [1.54, 1.807) is 28.4 Å². The minimum absolute atomic E-state index is 0.0297. The van der Waals surface area contributed by atoms with Gasteiger partial charge >= 0.3 is 6.03 Å². The van der Waals surface area contributed by atoms with Gasteiger partial charge in [-0.1, -0.05) is 37.3 Å². The first-order valence-electron chi connectivity index (χ1n) is 10.6. The number of carbonyl (C=O) groups is 2. The van der Waals surface area contributed by atoms with Crippen LogP contribution in [0.3, 0.4) is 0 Å². The van der Waals surface area contributed by atoms with Gasteiger partial charge in [0.15, 0.2) is 0 Å². The number of thiophene rings is 1. The van der Waals surface area contributed by atoms with Crippen LogP contribution in [0.25, 0.3) is 0 Å². The smallest absolute Gasteiger partial charge is 0.322 e. The number of anilines is 1. The number of hydrogen-bond acceptors (Lipinski definition) is 3. The Hall–Kier alpha value is -3.19. The second-order valence-corrected chi connectivity index (χ2v) is 8.98. The van der Waals surface area contributed by atoms with E-state index in [2.05, 4.69) is 5.32 Å². The van der Waals surface area contributed by atoms with Gasteiger partial charge in [-0.25, -0.2) is 9.18 Å². The van der Waals surface area contributed by atoms with E-state index >= 15 is 0 Å². The Bertz CT molecular complexity index is 1020. The molecule has 2 aromatic carbocycles. The number of carbonyl (C=O) groups excluding carboxylic acids is 2. The van der Waals surface area contributed by atoms with Gasteiger partial charge in [0.2, 0.25) is 5.91 Å². The standard InChI is InChI=1S/C25H28FN3O2S/c1-3-15-28(25(31)27-22-7-5-4-6-8-22)18-24(30)29(17-23-14-9-19(2)32-23)16-20-10-12-21(26)13-11-20/h4-14H,3,15-18H2,1-2H3,(H,27,31). The van der Waals surface area contributed by atoms with Gasteiger partial charge < -0.3 is 15.1 Å². The minimum atomic E-state index is -0.313. The Morgan fingerprint density at radius 2 is 1.66 bits per heavy atom. The predicted molar refractivity (Wildman–Crippen MR) is 127 cm³/mol. The Morgan fingerprint density at radius 3 is 2.28 bits per heavy atom. The Labute approximate surface area is 192 Å². The van der Waals surface area contributed by atoms with Crippen LogP contribution in [0.1, 0.15) is 28.7 Å². The summed E-state index contributed by atoms with van der Waals surface area (Å²) < 4.78 is 13.3. The van der Waals surface area contributed by atoms with Crippen LogP contribution in [0.15, 0.2) is 66.7 Å². The molecule has 1 N–H and O–H groups in total. The van der Waals surface area contributed by atoms with Crippen molar-refractivity contribution >= 4 is 29.0 Å². The number of halogens is 1. The molecule has 0 fully saturated rings. The maximum atomic E-state index is 13.3. The highest BCUT2D eigenvalue weighted by Gasteiger charge is 2.22. The maximum Gasteiger partial charge on any atom is 0.322 e. The van der Waals surface area contributed by atoms with Gasteiger partial charge in [-0.15, -0.1) is 11.3 Å². The van der Waals surface area contributed by atoms with Gasteiger partial charge in [0.25, 0.3) is 0 Å². The lowest BCUT2D eigenvalue weighted by molar-refractivity contribution is -0.133. The first kappa shape index (κ1) is 23.5. The van der Waals surface area contributed by atoms with Crippen molar-refractivity contribution in [3.8, 4) is 0 Å². The molecule has 32 heavy (non-hydrogen) atoms. The van der Waals surface area contributed by atoms with E-state index in [-0.39, 0.29) is 24.3 Å². The molecule has 5 nitrogen and oxygen atoms in total. The van der Waals surface area contributed by atoms with E-state index in [1.807, 2.05) is 56.3 Å². The number of nitrogens with zero attached hydrogens (tertiary/aromatic N) is 2. The fourth-order valence-electron chi connectivity index (χ4n) is 3.31. The lowest BCUT2D eigenvalue weighted by Gasteiger charge is -2.27. The summed E-state index contributed by atoms with van der Waals surface area (Å²) >= 11 is 1.64. The highest BCUT2D eigenvalue weighted by atomic mass is 32.1. The van der Waals surface area contributed by atoms with Crippen molar-refractivity contribution in [3.63, 3.8) is 0 Å². The van der Waals surface area contributed by atoms with Gasteiger partial charge in [0, 0.05) is 28.5 Å². The van der Waals surface area contributed by atoms with Crippen molar-refractivity contribution in [2.45, 2.75) is 33.4 Å². The predicted octanol–water partition coefficient (Wildman–Crippen LogP) is 5.67. The Morgan fingerprint density at radius 1 is 0.938 bits per heavy atom. The van der Waals surface area contributed by atoms with Gasteiger partial charge in [-0.05, 0) is 55.3 Å². The minimum Gasteiger partial charge on any atom is -0.332 e. The molecular weight excluding hydrogens is 425 g/mol. The zero-order valence-corrected chi connectivity index (χ0v) is 19.2. The average Bonchev–Trinajstić information content (AvgIpc) is 3.19. The molecule has 0 atom stereocenters. The molecule has 0 aliphatic rings. The largest absolute Gasteiger partial charge is 0.332 e. The Kier molecular flexibility index (Phi) is 8.39. The molecule has 168 valence electrons. The number of nitrogens with one attached hydrogen (secondary N) is 1. The van der Waals surface area contributed by atoms with Crippen LogP contribution >= 0.6 is 11.3 Å². The van der Waals surface area contributed by atoms with E-state index in [0.717, 1.165) is 16.9 Å². The van der Waals surface area contributed by atoms with Crippen molar-refractivity contribution in [3.05, 3.63) is 87.9 Å². The summed E-state index contributed by atoms with van der Waals surface area (Å²) in [4.78, 5) is 31.6. The molecule has 0 unspecified atom stereocenters. The van der Waals surface area contributed by atoms with Crippen molar-refractivity contribution in [1.29, 1.82) is 0 Å². The van der Waals surface area contributed by atoms with Crippen LogP contribution in [0.2, 0.25) is 0 Å². The third-order valence-corrected chi connectivity index (χ3v) is 5.90. The summed E-state index contributed by atoms with van der Waals surface area (Å²) in [5.41, 5.74) is 1.52. The van der Waals surface area contributed by atoms with E-state index in [1.165, 1.54) is 21.9 Å². The second-order valence-electron chi connectivity index (χ2n) is 7.61. The summed E-state index contributed by atoms with van der Waals surface area (Å²) in [6.45, 7) is 5.21. The molecule has 3 amide bonds. The molecular formula is C25H28FN3O2S. The fourth-order valence-corrected chi connectivity index (χ4v) is 4.22. The molecule has 1 heterocycles. The number of benzene rings is 2. The number of hydrogen-bond donors (Lipinski definition) is 1. The maximum absolute atomic E-state index is 13.3. The molecule has 0 saturated heterocycles. The quantitative estimate of drug-likeness (QED) is 0.454. The number of aryl methyl sites for hydroxylation is 1. The highest BCUT2D eigenvalue weighted by molar-refractivity contribution is 7.11. The first-order chi connectivity index (χ1) is 15.4. The topological polar surface area (TPSA) is 52.7 Å². The third kappa shape index (κ3) is 6.92. The summed E-state index contributed by atoms with van der Waals surface area (Å²) in [5.74, 6) is -0.468. The normalized spacial score (nSPS) is 10.6. The molecule has 0 saturated carbocycles. The number of urea groups is 1. The summed E-state index contributed by atoms with van der Waals surface area (Å²) in [6, 6.07) is 19.1. The van der Waals surface area contributed by atoms with Crippen molar-refractivity contribution < 1.29 is 14.0 Å². The summed E-state index contributed by atoms with van der Waals surface area (Å²) in [5, 5.41) is 2.86. The molecule has 3 rings (SSSR count). The molecule has 1 aromatic heterocycles. The summed E-state index contributed by atoms with van der Waals surface area (Å²) in [7, 11) is 0. The van der Waals surface area contributed by atoms with Crippen molar-refractivity contribution in [2.75, 3.05) is 18.4 Å². The van der Waals surface area contributed by atoms with Crippen LogP contribution in [0, 0.1) is 12.7 Å². The van der Waals surface area contributed by atoms with Gasteiger partial charge in [0.1, 0.15) is 12.4 Å². The number of para-hydroxylation sites is 1. The van der Waals surface area contributed by atoms with Crippen LogP contribution < -0.4 is 5.32 Å². The first-order valence-corrected chi connectivity index (χ1v) is 11.4. The highest BCUT2D eigenvalue weighted by Crippen LogP contribution is 2.19. The van der Waals surface area contributed by atoms with E-state index in [4.69, 9.17) is 0 Å². The molecule has 7 heteroatoms. The molecule has 0 aliphatic carbocycles. The van der Waals surface area contributed by atoms with E-state index in [0.29, 0.717) is 25.3 Å². The summed E-state index contributed by atoms with van der Waals surface area (Å²) in [6.07, 6.45) is 0.734. The Balaban J connectivity index is 1.74. The molecule has 0 spiro atoms. The van der Waals surface area contributed by atoms with Gasteiger partial charge in [0.05, 0.1) is 6.54 Å². The third-order valence-electron chi connectivity index (χ3n) is 4.91. The van der Waals surface area contributed by atoms with Crippen LogP contribution in [0.5, 0.6) is 0 Å². The number of rotatable bonds is 9. The molecule has 0 radical (unpaired) electrons. The zero-order valence-electron chi connectivity index (χ0n) is 18.4. The van der Waals surface area contributed by atoms with Crippen molar-refractivity contribution in [1.82, 2.24) is 9.80 Å². The average molecular weight is 454 g/mol. The van der Waals surface area contributed by atoms with Gasteiger partial charge in [-0.2, -0.15) is 0 Å². The molecule has 0 aliphatic heterocycles. The monoisotopic (exact) mass is 453 g/mol. The fraction of sp³-hybridized carbons (Fsp3) is 0.280. The van der Waals surface area contributed by atoms with Crippen molar-refractivity contribution in [2.24, 2.45) is 0 Å². The SMILES string of the molecule is CCCN(CC(=O)N(Cc1ccc(F)cc1)Cc1ccc(C)s1)C(=O)Nc1ccccc1. The van der Waals surface area contributed by atoms with Crippen LogP contribution in [-0.2, 0) is 17.9 Å². The van der Waals surface area contributed by atoms with Crippen LogP contribution in [-0.4, -0.2) is 34.8 Å². The van der Waals surface area contributed by atoms with E-state index < -0.39 is 0 Å². The molecule has 3 aromatic rings. The second kappa shape index (κ2) is 11.4. The lowest BCUT2D eigenvalue weighted by Crippen LogP contribution is -2.44. The van der Waals surface area contributed by atoms with E-state index in [9.17, 15) is 14.0 Å². The zero-order chi connectivity index (χ0) is 22.9.